The van der Waals surface area contributed by atoms with Gasteiger partial charge in [-0.25, -0.2) is 8.42 Å². The summed E-state index contributed by atoms with van der Waals surface area (Å²) < 4.78 is 35.2. The van der Waals surface area contributed by atoms with Crippen LogP contribution >= 0.6 is 0 Å². The van der Waals surface area contributed by atoms with Crippen LogP contribution in [0.3, 0.4) is 0 Å². The van der Waals surface area contributed by atoms with Crippen molar-refractivity contribution in [3.05, 3.63) is 125 Å². The Morgan fingerprint density at radius 2 is 1.49 bits per heavy atom. The fourth-order valence-corrected chi connectivity index (χ4v) is 6.69. The van der Waals surface area contributed by atoms with E-state index in [1.54, 1.807) is 24.3 Å². The standard InChI is InChI=1S/C38H45N3O5S/c1-5-7-25-39-38(43)36(26-31-14-9-8-10-15-31)40(27-32-16-12-11-13-30(32)4)37(42)28-41(33-19-17-29(3)18-20-33)47(44,45)35-23-21-34(22-24-35)46-6-2/h8-24,36H,5-7,25-28H2,1-4H3,(H,39,43)/t36-/m1/s1. The molecule has 1 atom stereocenters. The van der Waals surface area contributed by atoms with Gasteiger partial charge in [0.1, 0.15) is 18.3 Å². The SMILES string of the molecule is CCCCNC(=O)[C@@H](Cc1ccccc1)N(Cc1ccccc1C)C(=O)CN(c1ccc(C)cc1)S(=O)(=O)c1ccc(OCC)cc1. The molecule has 0 aliphatic carbocycles. The van der Waals surface area contributed by atoms with Crippen molar-refractivity contribution in [2.24, 2.45) is 0 Å². The Morgan fingerprint density at radius 3 is 2.13 bits per heavy atom. The van der Waals surface area contributed by atoms with Crippen molar-refractivity contribution in [2.75, 3.05) is 24.0 Å². The fourth-order valence-electron chi connectivity index (χ4n) is 5.27. The van der Waals surface area contributed by atoms with Crippen molar-refractivity contribution < 1.29 is 22.7 Å². The monoisotopic (exact) mass is 655 g/mol. The first kappa shape index (κ1) is 35.2. The number of nitrogens with zero attached hydrogens (tertiary/aromatic N) is 2. The van der Waals surface area contributed by atoms with E-state index in [0.717, 1.165) is 39.4 Å². The maximum atomic E-state index is 14.6. The second-order valence-corrected chi connectivity index (χ2v) is 13.4. The van der Waals surface area contributed by atoms with Gasteiger partial charge in [0.15, 0.2) is 0 Å². The van der Waals surface area contributed by atoms with Gasteiger partial charge in [-0.05, 0) is 80.3 Å². The smallest absolute Gasteiger partial charge is 0.264 e. The molecule has 0 bridgehead atoms. The third-order valence-electron chi connectivity index (χ3n) is 8.03. The maximum Gasteiger partial charge on any atom is 0.264 e. The summed E-state index contributed by atoms with van der Waals surface area (Å²) in [5.74, 6) is -0.220. The summed E-state index contributed by atoms with van der Waals surface area (Å²) in [5.41, 5.74) is 4.03. The zero-order valence-electron chi connectivity index (χ0n) is 27.7. The van der Waals surface area contributed by atoms with Crippen LogP contribution in [0, 0.1) is 13.8 Å². The maximum absolute atomic E-state index is 14.6. The number of carbonyl (C=O) groups is 2. The second-order valence-electron chi connectivity index (χ2n) is 11.5. The first-order valence-corrected chi connectivity index (χ1v) is 17.6. The van der Waals surface area contributed by atoms with Crippen molar-refractivity contribution in [1.82, 2.24) is 10.2 Å². The van der Waals surface area contributed by atoms with E-state index in [-0.39, 0.29) is 23.8 Å². The predicted molar refractivity (Wildman–Crippen MR) is 187 cm³/mol. The average Bonchev–Trinajstić information content (AvgIpc) is 3.07. The van der Waals surface area contributed by atoms with Crippen LogP contribution in [0.4, 0.5) is 5.69 Å². The number of amides is 2. The highest BCUT2D eigenvalue weighted by Gasteiger charge is 2.34. The highest BCUT2D eigenvalue weighted by Crippen LogP contribution is 2.27. The number of nitrogens with one attached hydrogen (secondary N) is 1. The van der Waals surface area contributed by atoms with E-state index in [1.807, 2.05) is 94.4 Å². The minimum absolute atomic E-state index is 0.0259. The number of hydrogen-bond donors (Lipinski definition) is 1. The molecule has 9 heteroatoms. The molecule has 0 heterocycles. The highest BCUT2D eigenvalue weighted by atomic mass is 32.2. The molecule has 0 aliphatic heterocycles. The zero-order chi connectivity index (χ0) is 33.8. The summed E-state index contributed by atoms with van der Waals surface area (Å²) in [4.78, 5) is 30.1. The van der Waals surface area contributed by atoms with E-state index < -0.39 is 28.5 Å². The number of benzene rings is 4. The third kappa shape index (κ3) is 9.45. The normalized spacial score (nSPS) is 11.8. The molecule has 0 radical (unpaired) electrons. The predicted octanol–water partition coefficient (Wildman–Crippen LogP) is 6.45. The minimum atomic E-state index is -4.20. The van der Waals surface area contributed by atoms with Crippen LogP contribution in [0.1, 0.15) is 48.9 Å². The lowest BCUT2D eigenvalue weighted by Gasteiger charge is -2.34. The molecule has 4 aromatic carbocycles. The quantitative estimate of drug-likeness (QED) is 0.140. The molecule has 0 spiro atoms. The first-order chi connectivity index (χ1) is 22.6. The number of carbonyl (C=O) groups excluding carboxylic acids is 2. The number of hydrogen-bond acceptors (Lipinski definition) is 5. The molecule has 8 nitrogen and oxygen atoms in total. The van der Waals surface area contributed by atoms with E-state index in [1.165, 1.54) is 17.0 Å². The lowest BCUT2D eigenvalue weighted by molar-refractivity contribution is -0.140. The zero-order valence-corrected chi connectivity index (χ0v) is 28.5. The van der Waals surface area contributed by atoms with Crippen molar-refractivity contribution in [1.29, 1.82) is 0 Å². The Bertz CT molecular complexity index is 1710. The van der Waals surface area contributed by atoms with E-state index in [2.05, 4.69) is 5.32 Å². The summed E-state index contributed by atoms with van der Waals surface area (Å²) in [6.45, 7) is 8.33. The van der Waals surface area contributed by atoms with E-state index >= 15 is 0 Å². The molecule has 4 aromatic rings. The number of sulfonamides is 1. The van der Waals surface area contributed by atoms with E-state index in [9.17, 15) is 18.0 Å². The molecule has 4 rings (SSSR count). The van der Waals surface area contributed by atoms with Gasteiger partial charge in [0.2, 0.25) is 11.8 Å². The summed E-state index contributed by atoms with van der Waals surface area (Å²) in [7, 11) is -4.20. The van der Waals surface area contributed by atoms with Gasteiger partial charge in [0, 0.05) is 19.5 Å². The minimum Gasteiger partial charge on any atom is -0.494 e. The van der Waals surface area contributed by atoms with Gasteiger partial charge in [-0.3, -0.25) is 13.9 Å². The number of aryl methyl sites for hydroxylation is 2. The van der Waals surface area contributed by atoms with Gasteiger partial charge < -0.3 is 15.0 Å². The summed E-state index contributed by atoms with van der Waals surface area (Å²) >= 11 is 0. The topological polar surface area (TPSA) is 96.0 Å². The molecule has 0 unspecified atom stereocenters. The van der Waals surface area contributed by atoms with Crippen molar-refractivity contribution in [3.8, 4) is 5.75 Å². The molecule has 2 amide bonds. The molecule has 1 N–H and O–H groups in total. The molecular formula is C38H45N3O5S. The van der Waals surface area contributed by atoms with Crippen molar-refractivity contribution >= 4 is 27.5 Å². The van der Waals surface area contributed by atoms with Crippen LogP contribution in [0.25, 0.3) is 0 Å². The first-order valence-electron chi connectivity index (χ1n) is 16.1. The lowest BCUT2D eigenvalue weighted by atomic mass is 10.0. The van der Waals surface area contributed by atoms with E-state index in [4.69, 9.17) is 4.74 Å². The Balaban J connectivity index is 1.78. The molecular weight excluding hydrogens is 611 g/mol. The average molecular weight is 656 g/mol. The fraction of sp³-hybridized carbons (Fsp3) is 0.316. The Hall–Kier alpha value is -4.63. The van der Waals surface area contributed by atoms with Crippen LogP contribution in [0.5, 0.6) is 5.75 Å². The Morgan fingerprint density at radius 1 is 0.830 bits per heavy atom. The van der Waals surface area contributed by atoms with Crippen molar-refractivity contribution in [3.63, 3.8) is 0 Å². The summed E-state index contributed by atoms with van der Waals surface area (Å²) in [6.07, 6.45) is 1.98. The molecule has 0 aliphatic rings. The Labute approximate surface area is 279 Å². The lowest BCUT2D eigenvalue weighted by Crippen LogP contribution is -2.53. The Kier molecular flexibility index (Phi) is 12.6. The molecule has 47 heavy (non-hydrogen) atoms. The summed E-state index contributed by atoms with van der Waals surface area (Å²) in [5, 5.41) is 3.03. The van der Waals surface area contributed by atoms with Gasteiger partial charge in [-0.2, -0.15) is 0 Å². The highest BCUT2D eigenvalue weighted by molar-refractivity contribution is 7.92. The largest absolute Gasteiger partial charge is 0.494 e. The third-order valence-corrected chi connectivity index (χ3v) is 9.81. The number of unbranched alkanes of at least 4 members (excludes halogenated alkanes) is 1. The number of ether oxygens (including phenoxy) is 1. The molecule has 0 saturated carbocycles. The second kappa shape index (κ2) is 16.8. The van der Waals surface area contributed by atoms with Crippen molar-refractivity contribution in [2.45, 2.75) is 64.4 Å². The van der Waals surface area contributed by atoms with Gasteiger partial charge in [-0.1, -0.05) is 85.6 Å². The molecule has 0 saturated heterocycles. The number of rotatable bonds is 16. The molecule has 248 valence electrons. The molecule has 0 fully saturated rings. The van der Waals surface area contributed by atoms with Crippen LogP contribution < -0.4 is 14.4 Å². The van der Waals surface area contributed by atoms with Gasteiger partial charge in [-0.15, -0.1) is 0 Å². The van der Waals surface area contributed by atoms with Gasteiger partial charge in [0.25, 0.3) is 10.0 Å². The van der Waals surface area contributed by atoms with Crippen LogP contribution in [-0.4, -0.2) is 50.9 Å². The van der Waals surface area contributed by atoms with Gasteiger partial charge in [0.05, 0.1) is 17.2 Å². The summed E-state index contributed by atoms with van der Waals surface area (Å²) in [6, 6.07) is 29.6. The van der Waals surface area contributed by atoms with Crippen LogP contribution in [0.2, 0.25) is 0 Å². The van der Waals surface area contributed by atoms with Crippen LogP contribution in [-0.2, 0) is 32.6 Å². The number of anilines is 1. The van der Waals surface area contributed by atoms with Crippen LogP contribution in [0.15, 0.2) is 108 Å². The van der Waals surface area contributed by atoms with E-state index in [0.29, 0.717) is 24.6 Å². The van der Waals surface area contributed by atoms with Gasteiger partial charge >= 0.3 is 0 Å². The molecule has 0 aromatic heterocycles.